The van der Waals surface area contributed by atoms with E-state index < -0.39 is 132 Å². The fraction of sp³-hybridized carbons (Fsp3) is 0.537. The smallest absolute Gasteiger partial charge is 0.326 e. The van der Waals surface area contributed by atoms with Crippen molar-refractivity contribution < 1.29 is 47.9 Å². The lowest BCUT2D eigenvalue weighted by Crippen LogP contribution is -2.62. The Balaban J connectivity index is 1.49. The predicted molar refractivity (Wildman–Crippen MR) is 329 cm³/mol. The van der Waals surface area contributed by atoms with Gasteiger partial charge in [-0.25, -0.2) is 0 Å². The molecule has 3 N–H and O–H groups in total. The van der Waals surface area contributed by atoms with E-state index in [4.69, 9.17) is 4.74 Å². The van der Waals surface area contributed by atoms with Crippen LogP contribution in [0.3, 0.4) is 0 Å². The van der Waals surface area contributed by atoms with Gasteiger partial charge in [0.25, 0.3) is 5.91 Å². The number of fused-ring (bicyclic) bond motifs is 2. The van der Waals surface area contributed by atoms with Crippen LogP contribution >= 0.6 is 0 Å². The van der Waals surface area contributed by atoms with Gasteiger partial charge in [-0.05, 0) is 88.4 Å². The van der Waals surface area contributed by atoms with Crippen molar-refractivity contribution >= 4 is 64.0 Å². The third-order valence-electron chi connectivity index (χ3n) is 17.1. The monoisotopic (exact) mass is 1170 g/mol. The minimum atomic E-state index is -1.39. The molecule has 4 aromatic carbocycles. The van der Waals surface area contributed by atoms with Gasteiger partial charge in [-0.15, -0.1) is 0 Å². The molecule has 4 aromatic rings. The van der Waals surface area contributed by atoms with Gasteiger partial charge in [-0.3, -0.25) is 43.2 Å². The lowest BCUT2D eigenvalue weighted by atomic mass is 9.94. The summed E-state index contributed by atoms with van der Waals surface area (Å²) in [7, 11) is 5.87. The number of rotatable bonds is 13. The van der Waals surface area contributed by atoms with E-state index in [0.29, 0.717) is 24.8 Å². The molecule has 18 nitrogen and oxygen atoms in total. The van der Waals surface area contributed by atoms with Crippen molar-refractivity contribution in [3.63, 3.8) is 0 Å². The number of carbonyl (C=O) groups is 9. The van der Waals surface area contributed by atoms with Crippen LogP contribution in [0, 0.1) is 29.6 Å². The first-order valence-electron chi connectivity index (χ1n) is 30.4. The van der Waals surface area contributed by atoms with Gasteiger partial charge in [0.2, 0.25) is 41.4 Å². The molecule has 0 bridgehead atoms. The van der Waals surface area contributed by atoms with E-state index in [1.807, 2.05) is 120 Å². The third-order valence-corrected chi connectivity index (χ3v) is 17.1. The molecule has 0 saturated carbocycles. The minimum Gasteiger partial charge on any atom is -0.451 e. The molecular weight excluding hydrogens is 1080 g/mol. The van der Waals surface area contributed by atoms with Crippen LogP contribution in [0.5, 0.6) is 0 Å². The first-order chi connectivity index (χ1) is 40.3. The molecule has 0 aromatic heterocycles. The quantitative estimate of drug-likeness (QED) is 0.116. The first-order valence-corrected chi connectivity index (χ1v) is 30.4. The highest BCUT2D eigenvalue weighted by Gasteiger charge is 2.45. The summed E-state index contributed by atoms with van der Waals surface area (Å²) in [4.78, 5) is 140. The van der Waals surface area contributed by atoms with Crippen LogP contribution < -0.4 is 16.0 Å². The molecule has 6 rings (SSSR count). The third kappa shape index (κ3) is 16.4. The molecule has 460 valence electrons. The van der Waals surface area contributed by atoms with Crippen molar-refractivity contribution in [2.45, 2.75) is 163 Å². The lowest BCUT2D eigenvalue weighted by molar-refractivity contribution is -0.167. The van der Waals surface area contributed by atoms with Gasteiger partial charge in [-0.2, -0.15) is 0 Å². The fourth-order valence-electron chi connectivity index (χ4n) is 11.8. The standard InChI is InChI=1S/C67H92N8O10/c1-15-43(9)56-66(83)73(13)57(41(5)6)61(78)68-51(34-40(3)4)63(80)71(11)39-55(76)85-59(44(10)16-2)67(84)74(14)58(42(7)8)62(79)69-52(36-45-24-18-17-19-25-45)64(81)72(12)54(65(82)75-33-23-30-53(75)60(77)70-56)37-46-26-22-29-48(35-46)50-32-31-47-27-20-21-28-49(47)38-50/h17-22,24-29,31-32,35,38,40-44,51-54,56-59H,15-16,23,30,33-34,36-37,39H2,1-14H3,(H,68,78)(H,69,79)(H,70,77)/t43-,44-,51-,52-,53-,54-,56-,57?,58-,59+/m0/s1. The number of hydrogen-bond donors (Lipinski definition) is 3. The second-order valence-corrected chi connectivity index (χ2v) is 24.7. The van der Waals surface area contributed by atoms with E-state index in [-0.39, 0.29) is 38.1 Å². The van der Waals surface area contributed by atoms with Crippen molar-refractivity contribution in [3.05, 3.63) is 108 Å². The molecule has 18 heteroatoms. The number of hydrogen-bond acceptors (Lipinski definition) is 10. The maximum Gasteiger partial charge on any atom is 0.326 e. The van der Waals surface area contributed by atoms with E-state index in [0.717, 1.165) is 32.4 Å². The van der Waals surface area contributed by atoms with E-state index in [1.54, 1.807) is 34.6 Å². The van der Waals surface area contributed by atoms with Crippen LogP contribution in [0.4, 0.5) is 0 Å². The number of cyclic esters (lactones) is 1. The van der Waals surface area contributed by atoms with E-state index in [1.165, 1.54) is 47.8 Å². The zero-order valence-corrected chi connectivity index (χ0v) is 52.4. The Morgan fingerprint density at radius 3 is 1.72 bits per heavy atom. The molecule has 2 aliphatic rings. The van der Waals surface area contributed by atoms with Crippen LogP contribution in [0.15, 0.2) is 97.1 Å². The normalized spacial score (nSPS) is 24.4. The number of benzene rings is 4. The summed E-state index contributed by atoms with van der Waals surface area (Å²) >= 11 is 0. The maximum atomic E-state index is 15.7. The highest BCUT2D eigenvalue weighted by atomic mass is 16.5. The molecule has 2 fully saturated rings. The number of ether oxygens (including phenoxy) is 1. The van der Waals surface area contributed by atoms with Crippen LogP contribution in [0.2, 0.25) is 0 Å². The second-order valence-electron chi connectivity index (χ2n) is 24.7. The average molecular weight is 1170 g/mol. The Labute approximate surface area is 503 Å². The summed E-state index contributed by atoms with van der Waals surface area (Å²) < 4.78 is 5.96. The van der Waals surface area contributed by atoms with E-state index in [9.17, 15) is 28.8 Å². The van der Waals surface area contributed by atoms with Gasteiger partial charge in [0.15, 0.2) is 6.10 Å². The highest BCUT2D eigenvalue weighted by molar-refractivity contribution is 5.99. The molecule has 85 heavy (non-hydrogen) atoms. The Kier molecular flexibility index (Phi) is 23.4. The molecular formula is C67H92N8O10. The largest absolute Gasteiger partial charge is 0.451 e. The Morgan fingerprint density at radius 2 is 1.11 bits per heavy atom. The Bertz CT molecular complexity index is 3020. The van der Waals surface area contributed by atoms with Crippen LogP contribution in [0.25, 0.3) is 21.9 Å². The summed E-state index contributed by atoms with van der Waals surface area (Å²) in [5, 5.41) is 11.0. The molecule has 2 saturated heterocycles. The molecule has 8 amide bonds. The van der Waals surface area contributed by atoms with Crippen LogP contribution in [0.1, 0.15) is 112 Å². The van der Waals surface area contributed by atoms with Crippen molar-refractivity contribution in [2.24, 2.45) is 29.6 Å². The zero-order chi connectivity index (χ0) is 62.6. The van der Waals surface area contributed by atoms with E-state index >= 15 is 14.4 Å². The summed E-state index contributed by atoms with van der Waals surface area (Å²) in [6, 6.07) is 23.0. The first kappa shape index (κ1) is 66.5. The van der Waals surface area contributed by atoms with Gasteiger partial charge in [0.05, 0.1) is 0 Å². The summed E-state index contributed by atoms with van der Waals surface area (Å²) in [5.74, 6) is -7.79. The Morgan fingerprint density at radius 1 is 0.529 bits per heavy atom. The molecule has 0 spiro atoms. The topological polar surface area (TPSA) is 215 Å². The van der Waals surface area contributed by atoms with Crippen molar-refractivity contribution in [1.29, 1.82) is 0 Å². The molecule has 2 aliphatic heterocycles. The lowest BCUT2D eigenvalue weighted by Gasteiger charge is -2.37. The van der Waals surface area contributed by atoms with Gasteiger partial charge in [-0.1, -0.05) is 167 Å². The van der Waals surface area contributed by atoms with Crippen molar-refractivity contribution in [1.82, 2.24) is 40.4 Å². The van der Waals surface area contributed by atoms with E-state index in [2.05, 4.69) is 28.1 Å². The highest BCUT2D eigenvalue weighted by Crippen LogP contribution is 2.29. The van der Waals surface area contributed by atoms with Crippen molar-refractivity contribution in [2.75, 3.05) is 41.3 Å². The van der Waals surface area contributed by atoms with Gasteiger partial charge in [0, 0.05) is 53.5 Å². The number of amides is 8. The maximum absolute atomic E-state index is 15.7. The summed E-state index contributed by atoms with van der Waals surface area (Å²) in [6.07, 6.45) is 0.373. The SMILES string of the molecule is CC[C@H](C)[C@@H]1NC(=O)[C@@H]2CCCN2C(=O)[C@H](Cc2cccc(-c3ccc4ccccc4c3)c2)N(C)C(=O)[C@H](Cc2ccccc2)NC(=O)[C@H](C(C)C)N(C)C(=O)[C@@H]([C@@H](C)CC)OC(=O)CN(C)C(=O)[C@H](CC(C)C)NC(=O)C(C(C)C)N(C)C1=O. The summed E-state index contributed by atoms with van der Waals surface area (Å²) in [5.41, 5.74) is 3.25. The number of likely N-dealkylation sites (N-methyl/N-ethyl adjacent to an activating group) is 4. The summed E-state index contributed by atoms with van der Waals surface area (Å²) in [6.45, 7) is 17.7. The molecule has 0 radical (unpaired) electrons. The number of nitrogens with one attached hydrogen (secondary N) is 3. The molecule has 2 heterocycles. The van der Waals surface area contributed by atoms with Gasteiger partial charge in [0.1, 0.15) is 48.8 Å². The number of nitrogens with zero attached hydrogens (tertiary/aromatic N) is 5. The molecule has 0 aliphatic carbocycles. The van der Waals surface area contributed by atoms with Crippen molar-refractivity contribution in [3.8, 4) is 11.1 Å². The predicted octanol–water partition coefficient (Wildman–Crippen LogP) is 7.05. The van der Waals surface area contributed by atoms with Crippen LogP contribution in [-0.4, -0.2) is 167 Å². The zero-order valence-electron chi connectivity index (χ0n) is 52.4. The second kappa shape index (κ2) is 29.9. The number of esters is 1. The Hall–Kier alpha value is -7.63. The van der Waals surface area contributed by atoms with Gasteiger partial charge >= 0.3 is 5.97 Å². The molecule has 1 unspecified atom stereocenters. The fourth-order valence-corrected chi connectivity index (χ4v) is 11.8. The molecule has 10 atom stereocenters. The minimum absolute atomic E-state index is 0.000956. The average Bonchev–Trinajstić information content (AvgIpc) is 4.21. The van der Waals surface area contributed by atoms with Gasteiger partial charge < -0.3 is 45.2 Å². The van der Waals surface area contributed by atoms with Crippen LogP contribution in [-0.2, 0) is 60.7 Å². The number of carbonyl (C=O) groups excluding carboxylic acids is 9.